The molecule has 1 fully saturated rings. The van der Waals surface area contributed by atoms with Gasteiger partial charge in [-0.2, -0.15) is 0 Å². The van der Waals surface area contributed by atoms with Crippen molar-refractivity contribution in [1.82, 2.24) is 10.2 Å². The predicted molar refractivity (Wildman–Crippen MR) is 85.2 cm³/mol. The molecular formula is C15H20ClN3O3. The standard InChI is InChI=1S/C15H20ClN3O3/c1-11(14(20)17-15(21)22-2)18-7-9-19(10-8-18)13-6-4-3-5-12(13)16/h3-6,11H,7-10H2,1-2H3,(H,17,20,21)/t11-/m1/s1. The maximum Gasteiger partial charge on any atom is 0.413 e. The van der Waals surface area contributed by atoms with Crippen LogP contribution in [0.1, 0.15) is 6.92 Å². The van der Waals surface area contributed by atoms with Crippen molar-refractivity contribution < 1.29 is 14.3 Å². The molecule has 120 valence electrons. The normalized spacial score (nSPS) is 17.0. The van der Waals surface area contributed by atoms with E-state index in [9.17, 15) is 9.59 Å². The van der Waals surface area contributed by atoms with Gasteiger partial charge in [-0.25, -0.2) is 4.79 Å². The molecule has 1 aromatic carbocycles. The summed E-state index contributed by atoms with van der Waals surface area (Å²) in [5.74, 6) is -0.349. The number of ether oxygens (including phenoxy) is 1. The SMILES string of the molecule is COC(=O)NC(=O)[C@@H](C)N1CCN(c2ccccc2Cl)CC1. The lowest BCUT2D eigenvalue weighted by Crippen LogP contribution is -2.54. The van der Waals surface area contributed by atoms with Crippen LogP contribution in [0.4, 0.5) is 10.5 Å². The number of imide groups is 1. The first-order valence-corrected chi connectivity index (χ1v) is 7.53. The van der Waals surface area contributed by atoms with Crippen molar-refractivity contribution in [3.8, 4) is 0 Å². The number of methoxy groups -OCH3 is 1. The Kier molecular flexibility index (Phi) is 5.63. The molecule has 1 saturated heterocycles. The summed E-state index contributed by atoms with van der Waals surface area (Å²) in [5.41, 5.74) is 1.01. The molecule has 1 aromatic rings. The number of piperazine rings is 1. The van der Waals surface area contributed by atoms with Crippen LogP contribution in [0.15, 0.2) is 24.3 Å². The van der Waals surface area contributed by atoms with E-state index in [4.69, 9.17) is 11.6 Å². The Morgan fingerprint density at radius 1 is 1.23 bits per heavy atom. The van der Waals surface area contributed by atoms with Gasteiger partial charge in [-0.1, -0.05) is 23.7 Å². The van der Waals surface area contributed by atoms with Gasteiger partial charge in [0, 0.05) is 26.2 Å². The van der Waals surface area contributed by atoms with E-state index in [1.54, 1.807) is 6.92 Å². The first-order chi connectivity index (χ1) is 10.5. The van der Waals surface area contributed by atoms with Gasteiger partial charge in [-0.05, 0) is 19.1 Å². The van der Waals surface area contributed by atoms with Gasteiger partial charge in [0.1, 0.15) is 0 Å². The Bertz CT molecular complexity index is 545. The van der Waals surface area contributed by atoms with E-state index in [0.29, 0.717) is 0 Å². The van der Waals surface area contributed by atoms with Gasteiger partial charge in [0.2, 0.25) is 5.91 Å². The molecule has 1 aliphatic rings. The number of nitrogens with zero attached hydrogens (tertiary/aromatic N) is 2. The number of para-hydroxylation sites is 1. The first-order valence-electron chi connectivity index (χ1n) is 7.15. The number of benzene rings is 1. The first kappa shape index (κ1) is 16.6. The van der Waals surface area contributed by atoms with Crippen molar-refractivity contribution in [3.05, 3.63) is 29.3 Å². The molecule has 0 bridgehead atoms. The van der Waals surface area contributed by atoms with Crippen molar-refractivity contribution in [2.75, 3.05) is 38.2 Å². The van der Waals surface area contributed by atoms with E-state index >= 15 is 0 Å². The molecule has 7 heteroatoms. The number of nitrogens with one attached hydrogen (secondary N) is 1. The van der Waals surface area contributed by atoms with E-state index < -0.39 is 6.09 Å². The smallest absolute Gasteiger partial charge is 0.413 e. The Balaban J connectivity index is 1.90. The number of hydrogen-bond acceptors (Lipinski definition) is 5. The summed E-state index contributed by atoms with van der Waals surface area (Å²) < 4.78 is 4.43. The zero-order valence-electron chi connectivity index (χ0n) is 12.7. The molecule has 2 rings (SSSR count). The lowest BCUT2D eigenvalue weighted by Gasteiger charge is -2.38. The Labute approximate surface area is 135 Å². The van der Waals surface area contributed by atoms with Crippen LogP contribution in [0.25, 0.3) is 0 Å². The zero-order valence-corrected chi connectivity index (χ0v) is 13.5. The van der Waals surface area contributed by atoms with Crippen LogP contribution in [0.5, 0.6) is 0 Å². The molecule has 0 saturated carbocycles. The monoisotopic (exact) mass is 325 g/mol. The fourth-order valence-corrected chi connectivity index (χ4v) is 2.74. The summed E-state index contributed by atoms with van der Waals surface area (Å²) in [4.78, 5) is 27.2. The van der Waals surface area contributed by atoms with Crippen LogP contribution in [0.2, 0.25) is 5.02 Å². The number of carbonyl (C=O) groups is 2. The fraction of sp³-hybridized carbons (Fsp3) is 0.467. The zero-order chi connectivity index (χ0) is 16.1. The summed E-state index contributed by atoms with van der Waals surface area (Å²) in [7, 11) is 1.23. The number of halogens is 1. The average Bonchev–Trinajstić information content (AvgIpc) is 2.54. The minimum absolute atomic E-state index is 0.349. The van der Waals surface area contributed by atoms with Crippen LogP contribution >= 0.6 is 11.6 Å². The number of anilines is 1. The second kappa shape index (κ2) is 7.47. The van der Waals surface area contributed by atoms with Crippen molar-refractivity contribution >= 4 is 29.3 Å². The van der Waals surface area contributed by atoms with Gasteiger partial charge in [0.15, 0.2) is 0 Å². The Hall–Kier alpha value is -1.79. The van der Waals surface area contributed by atoms with Gasteiger partial charge >= 0.3 is 6.09 Å². The highest BCUT2D eigenvalue weighted by molar-refractivity contribution is 6.33. The number of alkyl carbamates (subject to hydrolysis) is 1. The van der Waals surface area contributed by atoms with Crippen molar-refractivity contribution in [2.24, 2.45) is 0 Å². The second-order valence-corrected chi connectivity index (χ2v) is 5.54. The van der Waals surface area contributed by atoms with Crippen molar-refractivity contribution in [1.29, 1.82) is 0 Å². The third kappa shape index (κ3) is 3.90. The Morgan fingerprint density at radius 2 is 1.86 bits per heavy atom. The molecule has 6 nitrogen and oxygen atoms in total. The molecule has 0 aliphatic carbocycles. The highest BCUT2D eigenvalue weighted by atomic mass is 35.5. The fourth-order valence-electron chi connectivity index (χ4n) is 2.48. The lowest BCUT2D eigenvalue weighted by molar-refractivity contribution is -0.125. The number of amides is 2. The third-order valence-electron chi connectivity index (χ3n) is 3.85. The highest BCUT2D eigenvalue weighted by Crippen LogP contribution is 2.26. The molecule has 2 amide bonds. The number of hydrogen-bond donors (Lipinski definition) is 1. The summed E-state index contributed by atoms with van der Waals surface area (Å²) in [5, 5.41) is 2.93. The third-order valence-corrected chi connectivity index (χ3v) is 4.16. The van der Waals surface area contributed by atoms with E-state index in [2.05, 4.69) is 15.0 Å². The molecule has 22 heavy (non-hydrogen) atoms. The summed E-state index contributed by atoms with van der Waals surface area (Å²) >= 11 is 6.21. The van der Waals surface area contributed by atoms with E-state index in [1.165, 1.54) is 7.11 Å². The molecule has 1 N–H and O–H groups in total. The molecular weight excluding hydrogens is 306 g/mol. The molecule has 1 heterocycles. The van der Waals surface area contributed by atoms with Crippen LogP contribution in [-0.2, 0) is 9.53 Å². The quantitative estimate of drug-likeness (QED) is 0.917. The topological polar surface area (TPSA) is 61.9 Å². The molecule has 0 aromatic heterocycles. The average molecular weight is 326 g/mol. The number of carbonyl (C=O) groups excluding carboxylic acids is 2. The van der Waals surface area contributed by atoms with Gasteiger partial charge in [-0.15, -0.1) is 0 Å². The predicted octanol–water partition coefficient (Wildman–Crippen LogP) is 1.73. The van der Waals surface area contributed by atoms with Gasteiger partial charge < -0.3 is 9.64 Å². The summed E-state index contributed by atoms with van der Waals surface area (Å²) in [6, 6.07) is 7.34. The van der Waals surface area contributed by atoms with Gasteiger partial charge in [0.25, 0.3) is 0 Å². The summed E-state index contributed by atoms with van der Waals surface area (Å²) in [6.45, 7) is 4.78. The maximum absolute atomic E-state index is 11.9. The largest absolute Gasteiger partial charge is 0.453 e. The minimum Gasteiger partial charge on any atom is -0.453 e. The molecule has 1 aliphatic heterocycles. The van der Waals surface area contributed by atoms with Crippen molar-refractivity contribution in [3.63, 3.8) is 0 Å². The van der Waals surface area contributed by atoms with E-state index in [-0.39, 0.29) is 11.9 Å². The summed E-state index contributed by atoms with van der Waals surface area (Å²) in [6.07, 6.45) is -0.730. The molecule has 0 spiro atoms. The van der Waals surface area contributed by atoms with Crippen molar-refractivity contribution in [2.45, 2.75) is 13.0 Å². The maximum atomic E-state index is 11.9. The van der Waals surface area contributed by atoms with E-state index in [0.717, 1.165) is 36.9 Å². The lowest BCUT2D eigenvalue weighted by atomic mass is 10.2. The van der Waals surface area contributed by atoms with Crippen LogP contribution in [0.3, 0.4) is 0 Å². The number of rotatable bonds is 3. The molecule has 0 unspecified atom stereocenters. The highest BCUT2D eigenvalue weighted by Gasteiger charge is 2.27. The van der Waals surface area contributed by atoms with Crippen LogP contribution in [0, 0.1) is 0 Å². The Morgan fingerprint density at radius 3 is 2.45 bits per heavy atom. The van der Waals surface area contributed by atoms with Gasteiger partial charge in [0.05, 0.1) is 23.9 Å². The minimum atomic E-state index is -0.730. The second-order valence-electron chi connectivity index (χ2n) is 5.13. The van der Waals surface area contributed by atoms with Gasteiger partial charge in [-0.3, -0.25) is 15.0 Å². The molecule has 1 atom stereocenters. The molecule has 0 radical (unpaired) electrons. The van der Waals surface area contributed by atoms with Crippen LogP contribution in [-0.4, -0.2) is 56.2 Å². The van der Waals surface area contributed by atoms with Crippen LogP contribution < -0.4 is 10.2 Å². The van der Waals surface area contributed by atoms with E-state index in [1.807, 2.05) is 29.2 Å².